The van der Waals surface area contributed by atoms with Crippen LogP contribution >= 0.6 is 12.4 Å². The molecule has 22 heavy (non-hydrogen) atoms. The first-order valence-corrected chi connectivity index (χ1v) is 7.34. The smallest absolute Gasteiger partial charge is 0.115 e. The van der Waals surface area contributed by atoms with E-state index >= 15 is 0 Å². The van der Waals surface area contributed by atoms with Crippen molar-refractivity contribution in [1.29, 1.82) is 0 Å². The molecule has 0 fully saturated rings. The molecule has 1 atom stereocenters. The first-order chi connectivity index (χ1) is 10.1. The summed E-state index contributed by atoms with van der Waals surface area (Å²) in [4.78, 5) is 2.15. The highest BCUT2D eigenvalue weighted by atomic mass is 35.5. The summed E-state index contributed by atoms with van der Waals surface area (Å²) < 4.78 is 0. The third kappa shape index (κ3) is 6.06. The van der Waals surface area contributed by atoms with Crippen LogP contribution < -0.4 is 0 Å². The molecule has 2 N–H and O–H groups in total. The number of hydrogen-bond acceptors (Lipinski definition) is 3. The summed E-state index contributed by atoms with van der Waals surface area (Å²) >= 11 is 0. The Labute approximate surface area is 138 Å². The molecule has 120 valence electrons. The molecule has 0 aliphatic rings. The molecule has 0 saturated heterocycles. The number of aliphatic hydroxyl groups is 1. The molecular formula is C18H24ClNO2. The number of aliphatic hydroxyl groups excluding tert-OH is 1. The second-order valence-electron chi connectivity index (χ2n) is 5.46. The van der Waals surface area contributed by atoms with Crippen molar-refractivity contribution < 1.29 is 10.2 Å². The van der Waals surface area contributed by atoms with Gasteiger partial charge >= 0.3 is 0 Å². The van der Waals surface area contributed by atoms with Crippen LogP contribution in [0.15, 0.2) is 54.6 Å². The van der Waals surface area contributed by atoms with Crippen LogP contribution in [0.2, 0.25) is 0 Å². The molecule has 0 unspecified atom stereocenters. The Hall–Kier alpha value is -1.55. The van der Waals surface area contributed by atoms with Gasteiger partial charge in [-0.1, -0.05) is 42.5 Å². The zero-order valence-electron chi connectivity index (χ0n) is 12.9. The molecule has 0 aliphatic heterocycles. The van der Waals surface area contributed by atoms with Gasteiger partial charge < -0.3 is 15.1 Å². The van der Waals surface area contributed by atoms with Crippen molar-refractivity contribution in [2.75, 3.05) is 20.1 Å². The zero-order chi connectivity index (χ0) is 15.1. The predicted molar refractivity (Wildman–Crippen MR) is 92.6 cm³/mol. The Kier molecular flexibility index (Phi) is 7.96. The number of likely N-dealkylation sites (N-methyl/N-ethyl adjacent to an activating group) is 1. The minimum atomic E-state index is -0.440. The first-order valence-electron chi connectivity index (χ1n) is 7.34. The third-order valence-electron chi connectivity index (χ3n) is 3.61. The molecule has 4 heteroatoms. The maximum absolute atomic E-state index is 10.2. The molecule has 2 aromatic rings. The van der Waals surface area contributed by atoms with Gasteiger partial charge in [0.1, 0.15) is 5.75 Å². The lowest BCUT2D eigenvalue weighted by Crippen LogP contribution is -2.26. The standard InChI is InChI=1S/C18H23NO2.ClH/c1-19(14-18(21)16-7-3-2-4-8-16)13-5-6-15-9-11-17(20)12-10-15;/h2-4,7-12,18,20-21H,5-6,13-14H2,1H3;1H/t18-;/m1./s1. The number of phenolic OH excluding ortho intramolecular Hbond substituents is 1. The van der Waals surface area contributed by atoms with Gasteiger partial charge in [0.2, 0.25) is 0 Å². The normalized spacial score (nSPS) is 12.0. The summed E-state index contributed by atoms with van der Waals surface area (Å²) in [7, 11) is 2.03. The van der Waals surface area contributed by atoms with Crippen LogP contribution in [0.3, 0.4) is 0 Å². The molecule has 2 rings (SSSR count). The van der Waals surface area contributed by atoms with Crippen LogP contribution in [-0.2, 0) is 6.42 Å². The number of rotatable bonds is 7. The summed E-state index contributed by atoms with van der Waals surface area (Å²) in [5.41, 5.74) is 2.19. The van der Waals surface area contributed by atoms with E-state index in [1.807, 2.05) is 49.5 Å². The van der Waals surface area contributed by atoms with Gasteiger partial charge in [0.25, 0.3) is 0 Å². The van der Waals surface area contributed by atoms with E-state index in [0.717, 1.165) is 24.9 Å². The largest absolute Gasteiger partial charge is 0.508 e. The summed E-state index contributed by atoms with van der Waals surface area (Å²) in [5, 5.41) is 19.4. The fourth-order valence-corrected chi connectivity index (χ4v) is 2.38. The van der Waals surface area contributed by atoms with Crippen LogP contribution in [0.25, 0.3) is 0 Å². The van der Waals surface area contributed by atoms with Gasteiger partial charge in [-0.15, -0.1) is 12.4 Å². The molecule has 0 bridgehead atoms. The lowest BCUT2D eigenvalue weighted by molar-refractivity contribution is 0.126. The maximum atomic E-state index is 10.2. The van der Waals surface area contributed by atoms with Crippen molar-refractivity contribution in [2.45, 2.75) is 18.9 Å². The molecule has 0 aromatic heterocycles. The summed E-state index contributed by atoms with van der Waals surface area (Å²) in [6, 6.07) is 17.1. The molecule has 0 spiro atoms. The minimum Gasteiger partial charge on any atom is -0.508 e. The Morgan fingerprint density at radius 3 is 2.27 bits per heavy atom. The lowest BCUT2D eigenvalue weighted by Gasteiger charge is -2.20. The van der Waals surface area contributed by atoms with Gasteiger partial charge in [-0.2, -0.15) is 0 Å². The fraction of sp³-hybridized carbons (Fsp3) is 0.333. The molecule has 0 amide bonds. The van der Waals surface area contributed by atoms with Crippen molar-refractivity contribution in [2.24, 2.45) is 0 Å². The Bertz CT molecular complexity index is 531. The van der Waals surface area contributed by atoms with Gasteiger partial charge in [-0.3, -0.25) is 0 Å². The average molecular weight is 322 g/mol. The highest BCUT2D eigenvalue weighted by molar-refractivity contribution is 5.85. The maximum Gasteiger partial charge on any atom is 0.115 e. The SMILES string of the molecule is CN(CCCc1ccc(O)cc1)C[C@@H](O)c1ccccc1.Cl. The van der Waals surface area contributed by atoms with Crippen molar-refractivity contribution in [3.05, 3.63) is 65.7 Å². The number of phenols is 1. The predicted octanol–water partition coefficient (Wildman–Crippen LogP) is 3.41. The number of halogens is 1. The lowest BCUT2D eigenvalue weighted by atomic mass is 10.1. The van der Waals surface area contributed by atoms with E-state index in [4.69, 9.17) is 0 Å². The van der Waals surface area contributed by atoms with Crippen LogP contribution in [-0.4, -0.2) is 35.3 Å². The molecule has 0 heterocycles. The second kappa shape index (κ2) is 9.46. The van der Waals surface area contributed by atoms with E-state index in [9.17, 15) is 10.2 Å². The molecule has 0 aliphatic carbocycles. The van der Waals surface area contributed by atoms with E-state index in [1.165, 1.54) is 5.56 Å². The van der Waals surface area contributed by atoms with Gasteiger partial charge in [0.05, 0.1) is 6.10 Å². The highest BCUT2D eigenvalue weighted by Crippen LogP contribution is 2.14. The van der Waals surface area contributed by atoms with E-state index in [2.05, 4.69) is 4.90 Å². The van der Waals surface area contributed by atoms with E-state index in [0.29, 0.717) is 12.3 Å². The summed E-state index contributed by atoms with van der Waals surface area (Å²) in [5.74, 6) is 0.307. The molecule has 2 aromatic carbocycles. The topological polar surface area (TPSA) is 43.7 Å². The van der Waals surface area contributed by atoms with Crippen molar-refractivity contribution >= 4 is 12.4 Å². The number of hydrogen-bond donors (Lipinski definition) is 2. The number of nitrogens with zero attached hydrogens (tertiary/aromatic N) is 1. The van der Waals surface area contributed by atoms with Crippen LogP contribution in [0, 0.1) is 0 Å². The Morgan fingerprint density at radius 2 is 1.64 bits per heavy atom. The van der Waals surface area contributed by atoms with E-state index in [-0.39, 0.29) is 12.4 Å². The number of benzene rings is 2. The zero-order valence-corrected chi connectivity index (χ0v) is 13.7. The van der Waals surface area contributed by atoms with Crippen molar-refractivity contribution in [3.63, 3.8) is 0 Å². The third-order valence-corrected chi connectivity index (χ3v) is 3.61. The Morgan fingerprint density at radius 1 is 1.00 bits per heavy atom. The minimum absolute atomic E-state index is 0. The molecule has 3 nitrogen and oxygen atoms in total. The summed E-state index contributed by atoms with van der Waals surface area (Å²) in [6.45, 7) is 1.57. The summed E-state index contributed by atoms with van der Waals surface area (Å²) in [6.07, 6.45) is 1.57. The van der Waals surface area contributed by atoms with Gasteiger partial charge in [-0.25, -0.2) is 0 Å². The second-order valence-corrected chi connectivity index (χ2v) is 5.46. The van der Waals surface area contributed by atoms with Crippen molar-refractivity contribution in [1.82, 2.24) is 4.90 Å². The van der Waals surface area contributed by atoms with Gasteiger partial charge in [0, 0.05) is 6.54 Å². The molecule has 0 radical (unpaired) electrons. The van der Waals surface area contributed by atoms with Gasteiger partial charge in [-0.05, 0) is 49.7 Å². The fourth-order valence-electron chi connectivity index (χ4n) is 2.38. The quantitative estimate of drug-likeness (QED) is 0.821. The number of aromatic hydroxyl groups is 1. The number of aryl methyl sites for hydroxylation is 1. The van der Waals surface area contributed by atoms with Crippen LogP contribution in [0.1, 0.15) is 23.7 Å². The van der Waals surface area contributed by atoms with Crippen molar-refractivity contribution in [3.8, 4) is 5.75 Å². The molecular weight excluding hydrogens is 298 g/mol. The average Bonchev–Trinajstić information content (AvgIpc) is 2.50. The molecule has 0 saturated carbocycles. The Balaban J connectivity index is 0.00000242. The van der Waals surface area contributed by atoms with Gasteiger partial charge in [0.15, 0.2) is 0 Å². The first kappa shape index (κ1) is 18.5. The highest BCUT2D eigenvalue weighted by Gasteiger charge is 2.09. The van der Waals surface area contributed by atoms with Crippen LogP contribution in [0.4, 0.5) is 0 Å². The van der Waals surface area contributed by atoms with E-state index < -0.39 is 6.10 Å². The monoisotopic (exact) mass is 321 g/mol. The van der Waals surface area contributed by atoms with E-state index in [1.54, 1.807) is 12.1 Å². The van der Waals surface area contributed by atoms with Crippen LogP contribution in [0.5, 0.6) is 5.75 Å².